The van der Waals surface area contributed by atoms with Crippen LogP contribution >= 0.6 is 37.9 Å². The zero-order valence-electron chi connectivity index (χ0n) is 45.4. The number of rotatable bonds is 16. The Hall–Kier alpha value is 0.655. The quantitative estimate of drug-likeness (QED) is 0.0838. The van der Waals surface area contributed by atoms with Crippen LogP contribution in [0.1, 0.15) is 154 Å². The maximum Gasteiger partial charge on any atom is 0.673 e. The van der Waals surface area contributed by atoms with Crippen LogP contribution in [0.15, 0.2) is 18.1 Å². The second kappa shape index (κ2) is 25.0. The lowest BCUT2D eigenvalue weighted by Gasteiger charge is -2.48. The van der Waals surface area contributed by atoms with Gasteiger partial charge >= 0.3 is 15.1 Å². The van der Waals surface area contributed by atoms with Crippen molar-refractivity contribution in [2.45, 2.75) is 154 Å². The highest BCUT2D eigenvalue weighted by Crippen LogP contribution is 2.89. The molecule has 12 saturated heterocycles. The minimum Gasteiger partial charge on any atom is -0.418 e. The van der Waals surface area contributed by atoms with Gasteiger partial charge < -0.3 is 17.3 Å². The van der Waals surface area contributed by atoms with Crippen molar-refractivity contribution in [3.63, 3.8) is 0 Å². The summed E-state index contributed by atoms with van der Waals surface area (Å²) in [5, 5.41) is 0. The Morgan fingerprint density at radius 3 is 0.365 bits per heavy atom. The predicted molar refractivity (Wildman–Crippen MR) is 304 cm³/mol. The van der Waals surface area contributed by atoms with Crippen LogP contribution in [0.2, 0.25) is 0 Å². The maximum absolute atomic E-state index is 9.75. The van der Waals surface area contributed by atoms with Crippen molar-refractivity contribution in [1.82, 2.24) is 56.0 Å². The van der Waals surface area contributed by atoms with E-state index in [-0.39, 0.29) is 0 Å². The molecule has 0 aromatic heterocycles. The first kappa shape index (κ1) is 56.5. The van der Waals surface area contributed by atoms with Gasteiger partial charge in [0.2, 0.25) is 30.0 Å². The molecule has 0 radical (unpaired) electrons. The molecule has 74 heavy (non-hydrogen) atoms. The van der Waals surface area contributed by atoms with Crippen molar-refractivity contribution in [2.75, 3.05) is 157 Å². The molecule has 16 nitrogen and oxygen atoms in total. The normalized spacial score (nSPS) is 28.8. The SMILES string of the molecule is C1CCN(P(=N[P+](N=P(N2CCCC2)(N2CCCC2)N2CCCC2)(N=P(N2CCCC2)(N2CCCC2)N2CCCC2)N=P(N2CCCC2)(N2CCCC2)N2CCCC2)(N2CCCC2)N2CCCC2)C1.F[B-](F)(F)F. The van der Waals surface area contributed by atoms with Crippen molar-refractivity contribution in [3.05, 3.63) is 0 Å². The van der Waals surface area contributed by atoms with Gasteiger partial charge in [-0.2, -0.15) is 0 Å². The highest BCUT2D eigenvalue weighted by atomic mass is 31.3. The van der Waals surface area contributed by atoms with Crippen LogP contribution in [-0.2, 0) is 0 Å². The summed E-state index contributed by atoms with van der Waals surface area (Å²) in [6.45, 7) is 28.1. The van der Waals surface area contributed by atoms with Crippen LogP contribution in [0.5, 0.6) is 0 Å². The standard InChI is InChI=1S/C48H96N16P5.BF4/c1-2-26-53(25-1)66(54-27-3-4-28-54,55-29-5-6-30-55)49-65(50-67(56-31-7-8-32-56,57-33-9-10-34-57)58-35-11-12-36-58,51-68(59-37-13-14-38-59,60-39-15-16-40-60)61-41-17-18-42-61)52-69(62-43-19-20-44-62,63-45-21-22-46-63)64-47-23-24-48-64;2-1(3,4)5/h1-48H2;/q+1;-1. The molecule has 12 aliphatic heterocycles. The van der Waals surface area contributed by atoms with Crippen LogP contribution in [-0.4, -0.2) is 220 Å². The fourth-order valence-corrected chi connectivity index (χ4v) is 42.7. The monoisotopic (exact) mass is 1140 g/mol. The summed E-state index contributed by atoms with van der Waals surface area (Å²) in [4.78, 5) is 0. The summed E-state index contributed by atoms with van der Waals surface area (Å²) >= 11 is 0. The van der Waals surface area contributed by atoms with Crippen molar-refractivity contribution in [2.24, 2.45) is 18.1 Å². The van der Waals surface area contributed by atoms with Gasteiger partial charge in [-0.3, -0.25) is 0 Å². The second-order valence-electron chi connectivity index (χ2n) is 23.5. The highest BCUT2D eigenvalue weighted by molar-refractivity contribution is 7.88. The van der Waals surface area contributed by atoms with Crippen LogP contribution < -0.4 is 0 Å². The third-order valence-corrected chi connectivity index (χ3v) is 40.1. The molecule has 0 saturated carbocycles. The molecule has 424 valence electrons. The molecule has 0 bridgehead atoms. The van der Waals surface area contributed by atoms with Crippen LogP contribution in [0.4, 0.5) is 17.3 Å². The van der Waals surface area contributed by atoms with Crippen LogP contribution in [0.3, 0.4) is 0 Å². The molecule has 0 atom stereocenters. The van der Waals surface area contributed by atoms with Gasteiger partial charge in [0.1, 0.15) is 0 Å². The van der Waals surface area contributed by atoms with Crippen LogP contribution in [0, 0.1) is 0 Å². The van der Waals surface area contributed by atoms with E-state index < -0.39 is 45.1 Å². The van der Waals surface area contributed by atoms with Gasteiger partial charge in [0, 0.05) is 157 Å². The lowest BCUT2D eigenvalue weighted by atomic mass is 10.3. The lowest BCUT2D eigenvalue weighted by molar-refractivity contribution is 0.368. The molecule has 0 aromatic rings. The summed E-state index contributed by atoms with van der Waals surface area (Å²) in [5.74, 6) is 0. The molecule has 26 heteroatoms. The van der Waals surface area contributed by atoms with E-state index in [1.165, 1.54) is 311 Å². The Morgan fingerprint density at radius 1 is 0.203 bits per heavy atom. The number of hydrogen-bond donors (Lipinski definition) is 0. The van der Waals surface area contributed by atoms with Crippen molar-refractivity contribution in [3.8, 4) is 0 Å². The first-order valence-electron chi connectivity index (χ1n) is 30.5. The van der Waals surface area contributed by atoms with E-state index in [4.69, 9.17) is 18.1 Å². The van der Waals surface area contributed by atoms with Gasteiger partial charge in [0.05, 0.1) is 0 Å². The van der Waals surface area contributed by atoms with Gasteiger partial charge in [0.15, 0.2) is 0 Å². The molecule has 0 unspecified atom stereocenters. The van der Waals surface area contributed by atoms with E-state index in [9.17, 15) is 17.3 Å². The lowest BCUT2D eigenvalue weighted by Crippen LogP contribution is -2.40. The molecule has 12 heterocycles. The minimum absolute atomic E-state index is 1.17. The predicted octanol–water partition coefficient (Wildman–Crippen LogP) is 12.9. The van der Waals surface area contributed by atoms with Gasteiger partial charge in [-0.15, -0.1) is 0 Å². The third kappa shape index (κ3) is 11.4. The van der Waals surface area contributed by atoms with Gasteiger partial charge in [-0.05, 0) is 172 Å². The molecule has 0 N–H and O–H groups in total. The Kier molecular flexibility index (Phi) is 19.1. The zero-order valence-corrected chi connectivity index (χ0v) is 49.9. The van der Waals surface area contributed by atoms with E-state index in [2.05, 4.69) is 56.0 Å². The minimum atomic E-state index is -6.00. The molecular weight excluding hydrogens is 1040 g/mol. The summed E-state index contributed by atoms with van der Waals surface area (Å²) < 4.78 is 105. The number of hydrogen-bond acceptors (Lipinski definition) is 4. The molecule has 0 aliphatic carbocycles. The van der Waals surface area contributed by atoms with Crippen molar-refractivity contribution < 1.29 is 17.3 Å². The van der Waals surface area contributed by atoms with Gasteiger partial charge in [0.25, 0.3) is 0 Å². The Morgan fingerprint density at radius 2 is 0.284 bits per heavy atom. The smallest absolute Gasteiger partial charge is 0.418 e. The molecule has 0 spiro atoms. The fourth-order valence-electron chi connectivity index (χ4n) is 15.2. The summed E-state index contributed by atoms with van der Waals surface area (Å²) in [6, 6.07) is 0. The molecular formula is C48H96BF4N16P5. The fraction of sp³-hybridized carbons (Fsp3) is 1.00. The first-order valence-corrected chi connectivity index (χ1v) is 38.5. The maximum atomic E-state index is 9.75. The Bertz CT molecular complexity index is 1580. The molecule has 12 fully saturated rings. The third-order valence-electron chi connectivity index (χ3n) is 18.5. The van der Waals surface area contributed by atoms with Crippen molar-refractivity contribution in [1.29, 1.82) is 0 Å². The van der Waals surface area contributed by atoms with Crippen molar-refractivity contribution >= 4 is 45.1 Å². The first-order chi connectivity index (χ1) is 36.1. The summed E-state index contributed by atoms with van der Waals surface area (Å²) in [6.07, 6.45) is 31.0. The van der Waals surface area contributed by atoms with Gasteiger partial charge in [-0.1, -0.05) is 0 Å². The largest absolute Gasteiger partial charge is 0.673 e. The number of nitrogens with zero attached hydrogens (tertiary/aromatic N) is 16. The van der Waals surface area contributed by atoms with E-state index in [1.807, 2.05) is 0 Å². The summed E-state index contributed by atoms with van der Waals surface area (Å²) in [7, 11) is -19.5. The van der Waals surface area contributed by atoms with E-state index in [1.54, 1.807) is 0 Å². The highest BCUT2D eigenvalue weighted by Gasteiger charge is 2.63. The van der Waals surface area contributed by atoms with E-state index >= 15 is 0 Å². The van der Waals surface area contributed by atoms with E-state index in [0.717, 1.165) is 0 Å². The Balaban J connectivity index is 0.00000112. The van der Waals surface area contributed by atoms with Gasteiger partial charge in [-0.25, -0.2) is 56.0 Å². The van der Waals surface area contributed by atoms with Crippen LogP contribution in [0.25, 0.3) is 0 Å². The second-order valence-corrected chi connectivity index (χ2v) is 38.5. The molecule has 12 aliphatic rings. The average Bonchev–Trinajstić information content (AvgIpc) is 4.23. The Labute approximate surface area is 445 Å². The molecule has 0 aromatic carbocycles. The number of halogens is 4. The zero-order chi connectivity index (χ0) is 50.7. The average molecular weight is 1140 g/mol. The summed E-state index contributed by atoms with van der Waals surface area (Å²) in [5.41, 5.74) is 0. The van der Waals surface area contributed by atoms with E-state index in [0.29, 0.717) is 0 Å². The topological polar surface area (TPSA) is 88.3 Å². The molecule has 0 amide bonds. The molecule has 12 rings (SSSR count).